The Morgan fingerprint density at radius 3 is 2.71 bits per heavy atom. The molecular weight excluding hydrogens is 312 g/mol. The van der Waals surface area contributed by atoms with Gasteiger partial charge in [-0.1, -0.05) is 12.1 Å². The van der Waals surface area contributed by atoms with Crippen molar-refractivity contribution in [2.75, 3.05) is 18.1 Å². The van der Waals surface area contributed by atoms with Crippen LogP contribution in [0.1, 0.15) is 24.9 Å². The molecule has 3 N–H and O–H groups in total. The number of primary sulfonamides is 1. The van der Waals surface area contributed by atoms with Crippen molar-refractivity contribution >= 4 is 19.9 Å². The van der Waals surface area contributed by atoms with Gasteiger partial charge < -0.3 is 5.32 Å². The van der Waals surface area contributed by atoms with Gasteiger partial charge in [0.2, 0.25) is 10.0 Å². The van der Waals surface area contributed by atoms with Crippen LogP contribution in [0.25, 0.3) is 0 Å². The maximum atomic E-state index is 11.4. The Balaban J connectivity index is 1.99. The fourth-order valence-electron chi connectivity index (χ4n) is 2.46. The van der Waals surface area contributed by atoms with E-state index in [1.807, 2.05) is 13.0 Å². The second-order valence-corrected chi connectivity index (χ2v) is 9.31. The second kappa shape index (κ2) is 6.04. The Hall–Kier alpha value is -0.960. The molecule has 1 aliphatic heterocycles. The van der Waals surface area contributed by atoms with Crippen molar-refractivity contribution in [3.05, 3.63) is 29.8 Å². The number of hydrogen-bond acceptors (Lipinski definition) is 5. The predicted octanol–water partition coefficient (Wildman–Crippen LogP) is 0.419. The average Bonchev–Trinajstić information content (AvgIpc) is 2.75. The summed E-state index contributed by atoms with van der Waals surface area (Å²) in [6.45, 7) is 2.51. The fourth-order valence-corrected chi connectivity index (χ4v) is 4.89. The van der Waals surface area contributed by atoms with Crippen molar-refractivity contribution in [1.29, 1.82) is 0 Å². The van der Waals surface area contributed by atoms with Gasteiger partial charge in [-0.3, -0.25) is 0 Å². The molecule has 1 fully saturated rings. The lowest BCUT2D eigenvalue weighted by Crippen LogP contribution is -2.26. The van der Waals surface area contributed by atoms with Gasteiger partial charge in [-0.05, 0) is 43.5 Å². The van der Waals surface area contributed by atoms with Gasteiger partial charge >= 0.3 is 0 Å². The molecule has 1 aliphatic rings. The largest absolute Gasteiger partial charge is 0.310 e. The summed E-state index contributed by atoms with van der Waals surface area (Å²) >= 11 is 0. The van der Waals surface area contributed by atoms with Gasteiger partial charge in [0.05, 0.1) is 16.4 Å². The summed E-state index contributed by atoms with van der Waals surface area (Å²) in [6, 6.07) is 6.38. The molecule has 1 saturated heterocycles. The lowest BCUT2D eigenvalue weighted by Gasteiger charge is -2.17. The van der Waals surface area contributed by atoms with Crippen molar-refractivity contribution in [2.45, 2.75) is 24.3 Å². The summed E-state index contributed by atoms with van der Waals surface area (Å²) in [5, 5.41) is 8.37. The first-order valence-corrected chi connectivity index (χ1v) is 10.1. The molecule has 1 heterocycles. The first-order chi connectivity index (χ1) is 9.67. The van der Waals surface area contributed by atoms with E-state index in [0.717, 1.165) is 5.56 Å². The molecule has 2 rings (SSSR count). The quantitative estimate of drug-likeness (QED) is 0.813. The van der Waals surface area contributed by atoms with Crippen molar-refractivity contribution in [2.24, 2.45) is 11.1 Å². The Kier molecular flexibility index (Phi) is 4.72. The summed E-state index contributed by atoms with van der Waals surface area (Å²) in [4.78, 5) is 0.0806. The number of benzene rings is 1. The lowest BCUT2D eigenvalue weighted by molar-refractivity contribution is 0.476. The van der Waals surface area contributed by atoms with Gasteiger partial charge in [0, 0.05) is 6.04 Å². The molecule has 0 saturated carbocycles. The van der Waals surface area contributed by atoms with Crippen LogP contribution in [0.3, 0.4) is 0 Å². The summed E-state index contributed by atoms with van der Waals surface area (Å²) < 4.78 is 45.5. The standard InChI is InChI=1S/C13H20N2O4S2/c1-10(15-8-11-5-6-20(16,17)9-11)12-3-2-4-13(7-12)21(14,18)19/h2-4,7,10-11,15H,5-6,8-9H2,1H3,(H2,14,18,19). The van der Waals surface area contributed by atoms with Crippen LogP contribution in [0.15, 0.2) is 29.2 Å². The topological polar surface area (TPSA) is 106 Å². The van der Waals surface area contributed by atoms with Gasteiger partial charge in [-0.15, -0.1) is 0 Å². The molecule has 0 amide bonds. The minimum Gasteiger partial charge on any atom is -0.310 e. The molecule has 0 spiro atoms. The molecule has 0 aliphatic carbocycles. The molecular formula is C13H20N2O4S2. The van der Waals surface area contributed by atoms with Gasteiger partial charge in [0.25, 0.3) is 0 Å². The Morgan fingerprint density at radius 1 is 1.43 bits per heavy atom. The average molecular weight is 332 g/mol. The molecule has 1 aromatic carbocycles. The minimum atomic E-state index is -3.71. The Labute approximate surface area is 125 Å². The monoisotopic (exact) mass is 332 g/mol. The molecule has 118 valence electrons. The molecule has 8 heteroatoms. The zero-order chi connectivity index (χ0) is 15.7. The molecule has 0 radical (unpaired) electrons. The van der Waals surface area contributed by atoms with Crippen LogP contribution in [-0.2, 0) is 19.9 Å². The van der Waals surface area contributed by atoms with Crippen LogP contribution < -0.4 is 10.5 Å². The Bertz CT molecular complexity index is 713. The van der Waals surface area contributed by atoms with Crippen LogP contribution in [0.4, 0.5) is 0 Å². The normalized spacial score (nSPS) is 23.0. The lowest BCUT2D eigenvalue weighted by atomic mass is 10.1. The molecule has 0 aromatic heterocycles. The zero-order valence-electron chi connectivity index (χ0n) is 11.8. The van der Waals surface area contributed by atoms with E-state index in [0.29, 0.717) is 13.0 Å². The van der Waals surface area contributed by atoms with Crippen LogP contribution >= 0.6 is 0 Å². The van der Waals surface area contributed by atoms with Crippen LogP contribution in [0.5, 0.6) is 0 Å². The molecule has 6 nitrogen and oxygen atoms in total. The number of sulfone groups is 1. The van der Waals surface area contributed by atoms with E-state index in [2.05, 4.69) is 5.32 Å². The van der Waals surface area contributed by atoms with Gasteiger partial charge in [0.1, 0.15) is 0 Å². The van der Waals surface area contributed by atoms with E-state index in [4.69, 9.17) is 5.14 Å². The minimum absolute atomic E-state index is 0.0741. The third-order valence-electron chi connectivity index (χ3n) is 3.73. The second-order valence-electron chi connectivity index (χ2n) is 5.52. The number of nitrogens with two attached hydrogens (primary N) is 1. The highest BCUT2D eigenvalue weighted by Crippen LogP contribution is 2.20. The number of sulfonamides is 1. The smallest absolute Gasteiger partial charge is 0.238 e. The third-order valence-corrected chi connectivity index (χ3v) is 6.47. The van der Waals surface area contributed by atoms with E-state index in [9.17, 15) is 16.8 Å². The van der Waals surface area contributed by atoms with Crippen LogP contribution in [-0.4, -0.2) is 34.9 Å². The predicted molar refractivity (Wildman–Crippen MR) is 81.0 cm³/mol. The van der Waals surface area contributed by atoms with Crippen molar-refractivity contribution in [3.63, 3.8) is 0 Å². The van der Waals surface area contributed by atoms with Gasteiger partial charge in [0.15, 0.2) is 9.84 Å². The highest BCUT2D eigenvalue weighted by molar-refractivity contribution is 7.91. The van der Waals surface area contributed by atoms with E-state index < -0.39 is 19.9 Å². The maximum absolute atomic E-state index is 11.4. The van der Waals surface area contributed by atoms with Gasteiger partial charge in [-0.25, -0.2) is 22.0 Å². The highest BCUT2D eigenvalue weighted by atomic mass is 32.2. The number of rotatable bonds is 5. The SMILES string of the molecule is CC(NCC1CCS(=O)(=O)C1)c1cccc(S(N)(=O)=O)c1. The van der Waals surface area contributed by atoms with Crippen molar-refractivity contribution < 1.29 is 16.8 Å². The van der Waals surface area contributed by atoms with Crippen molar-refractivity contribution in [3.8, 4) is 0 Å². The molecule has 1 aromatic rings. The summed E-state index contributed by atoms with van der Waals surface area (Å²) in [5.74, 6) is 0.609. The zero-order valence-corrected chi connectivity index (χ0v) is 13.5. The summed E-state index contributed by atoms with van der Waals surface area (Å²) in [6.07, 6.45) is 0.680. The van der Waals surface area contributed by atoms with E-state index in [1.165, 1.54) is 6.07 Å². The molecule has 21 heavy (non-hydrogen) atoms. The first-order valence-electron chi connectivity index (χ1n) is 6.74. The molecule has 2 atom stereocenters. The van der Waals surface area contributed by atoms with E-state index in [1.54, 1.807) is 12.1 Å². The summed E-state index contributed by atoms with van der Waals surface area (Å²) in [5.41, 5.74) is 0.808. The molecule has 0 bridgehead atoms. The summed E-state index contributed by atoms with van der Waals surface area (Å²) in [7, 11) is -6.58. The van der Waals surface area contributed by atoms with Crippen LogP contribution in [0, 0.1) is 5.92 Å². The Morgan fingerprint density at radius 2 is 2.14 bits per heavy atom. The first kappa shape index (κ1) is 16.4. The van der Waals surface area contributed by atoms with E-state index >= 15 is 0 Å². The molecule has 2 unspecified atom stereocenters. The van der Waals surface area contributed by atoms with E-state index in [-0.39, 0.29) is 28.4 Å². The fraction of sp³-hybridized carbons (Fsp3) is 0.538. The highest BCUT2D eigenvalue weighted by Gasteiger charge is 2.27. The maximum Gasteiger partial charge on any atom is 0.238 e. The van der Waals surface area contributed by atoms with Crippen LogP contribution in [0.2, 0.25) is 0 Å². The third kappa shape index (κ3) is 4.50. The van der Waals surface area contributed by atoms with Gasteiger partial charge in [-0.2, -0.15) is 0 Å². The number of nitrogens with one attached hydrogen (secondary N) is 1. The number of hydrogen-bond donors (Lipinski definition) is 2. The van der Waals surface area contributed by atoms with Crippen molar-refractivity contribution in [1.82, 2.24) is 5.32 Å².